The maximum atomic E-state index is 11.4. The molecule has 6 heteroatoms. The van der Waals surface area contributed by atoms with E-state index < -0.39 is 10.0 Å². The Morgan fingerprint density at radius 3 is 2.62 bits per heavy atom. The Morgan fingerprint density at radius 2 is 2.12 bits per heavy atom. The van der Waals surface area contributed by atoms with Crippen LogP contribution < -0.4 is 10.5 Å². The molecule has 1 aromatic rings. The normalized spacial score (nSPS) is 11.1. The van der Waals surface area contributed by atoms with Crippen LogP contribution in [0.4, 0.5) is 5.69 Å². The summed E-state index contributed by atoms with van der Waals surface area (Å²) in [6, 6.07) is 5.19. The molecule has 1 aromatic carbocycles. The van der Waals surface area contributed by atoms with Gasteiger partial charge in [0.15, 0.2) is 0 Å². The second-order valence-corrected chi connectivity index (χ2v) is 5.85. The predicted molar refractivity (Wildman–Crippen MR) is 70.1 cm³/mol. The van der Waals surface area contributed by atoms with E-state index in [2.05, 4.69) is 4.72 Å². The summed E-state index contributed by atoms with van der Waals surface area (Å²) in [5.74, 6) is 0.0315. The van der Waals surface area contributed by atoms with Gasteiger partial charge in [-0.05, 0) is 25.5 Å². The Balaban J connectivity index is 3.13. The molecular weight excluding hydrogens is 244 g/mol. The van der Waals surface area contributed by atoms with E-state index in [1.54, 1.807) is 25.1 Å². The van der Waals surface area contributed by atoms with Crippen LogP contribution in [0.5, 0.6) is 0 Å². The molecule has 0 aliphatic carbocycles. The monoisotopic (exact) mass is 258 g/mol. The molecule has 0 aromatic heterocycles. The molecule has 0 radical (unpaired) electrons. The largest absolute Gasteiger partial charge is 0.389 e. The van der Waals surface area contributed by atoms with E-state index in [1.807, 2.05) is 6.92 Å². The van der Waals surface area contributed by atoms with E-state index in [0.717, 1.165) is 5.56 Å². The number of thiocarbonyl (C=S) groups is 1. The lowest BCUT2D eigenvalue weighted by Crippen LogP contribution is -2.16. The van der Waals surface area contributed by atoms with Gasteiger partial charge in [-0.15, -0.1) is 0 Å². The summed E-state index contributed by atoms with van der Waals surface area (Å²) < 4.78 is 25.3. The average Bonchev–Trinajstić information content (AvgIpc) is 2.21. The lowest BCUT2D eigenvalue weighted by molar-refractivity contribution is 0.602. The number of nitrogens with two attached hydrogens (primary N) is 1. The van der Waals surface area contributed by atoms with Crippen LogP contribution in [0.15, 0.2) is 18.2 Å². The third kappa shape index (κ3) is 3.18. The van der Waals surface area contributed by atoms with Crippen LogP contribution >= 0.6 is 12.2 Å². The number of anilines is 1. The molecule has 3 N–H and O–H groups in total. The topological polar surface area (TPSA) is 72.2 Å². The van der Waals surface area contributed by atoms with E-state index in [1.165, 1.54) is 0 Å². The number of sulfonamides is 1. The predicted octanol–water partition coefficient (Wildman–Crippen LogP) is 1.39. The molecule has 0 aliphatic heterocycles. The quantitative estimate of drug-likeness (QED) is 0.801. The van der Waals surface area contributed by atoms with Gasteiger partial charge in [0, 0.05) is 5.56 Å². The second-order valence-electron chi connectivity index (χ2n) is 3.40. The van der Waals surface area contributed by atoms with Crippen molar-refractivity contribution < 1.29 is 8.42 Å². The highest BCUT2D eigenvalue weighted by Gasteiger charge is 2.09. The maximum absolute atomic E-state index is 11.4. The summed E-state index contributed by atoms with van der Waals surface area (Å²) >= 11 is 4.84. The zero-order valence-corrected chi connectivity index (χ0v) is 10.8. The van der Waals surface area contributed by atoms with Gasteiger partial charge in [0.05, 0.1) is 11.4 Å². The van der Waals surface area contributed by atoms with Gasteiger partial charge in [-0.1, -0.05) is 24.4 Å². The molecule has 0 fully saturated rings. The van der Waals surface area contributed by atoms with Crippen molar-refractivity contribution in [3.05, 3.63) is 29.3 Å². The van der Waals surface area contributed by atoms with Crippen molar-refractivity contribution >= 4 is 32.9 Å². The Morgan fingerprint density at radius 1 is 1.50 bits per heavy atom. The standard InChI is InChI=1S/C10H14N2O2S2/c1-3-16(13,14)12-9-6-8(10(11)15)5-4-7(9)2/h4-6,12H,3H2,1-2H3,(H2,11,15). The summed E-state index contributed by atoms with van der Waals surface area (Å²) in [4.78, 5) is 0.247. The lowest BCUT2D eigenvalue weighted by Gasteiger charge is -2.10. The second kappa shape index (κ2) is 4.80. The van der Waals surface area contributed by atoms with Crippen LogP contribution in [0.25, 0.3) is 0 Å². The van der Waals surface area contributed by atoms with Crippen LogP contribution in [0.1, 0.15) is 18.1 Å². The van der Waals surface area contributed by atoms with Gasteiger partial charge in [0.2, 0.25) is 10.0 Å². The molecule has 16 heavy (non-hydrogen) atoms. The molecule has 0 aliphatic rings. The molecule has 4 nitrogen and oxygen atoms in total. The van der Waals surface area contributed by atoms with Crippen molar-refractivity contribution in [2.24, 2.45) is 5.73 Å². The van der Waals surface area contributed by atoms with E-state index in [4.69, 9.17) is 18.0 Å². The van der Waals surface area contributed by atoms with Crippen molar-refractivity contribution in [3.8, 4) is 0 Å². The van der Waals surface area contributed by atoms with Crippen LogP contribution in [-0.4, -0.2) is 19.2 Å². The number of hydrogen-bond donors (Lipinski definition) is 2. The minimum absolute atomic E-state index is 0.0315. The summed E-state index contributed by atoms with van der Waals surface area (Å²) in [5, 5.41) is 0. The number of nitrogens with one attached hydrogen (secondary N) is 1. The first kappa shape index (κ1) is 12.9. The minimum Gasteiger partial charge on any atom is -0.389 e. The molecule has 0 saturated carbocycles. The van der Waals surface area contributed by atoms with Crippen LogP contribution in [0.3, 0.4) is 0 Å². The molecule has 88 valence electrons. The highest BCUT2D eigenvalue weighted by atomic mass is 32.2. The van der Waals surface area contributed by atoms with Gasteiger partial charge < -0.3 is 5.73 Å². The Kier molecular flexibility index (Phi) is 3.88. The summed E-state index contributed by atoms with van der Waals surface area (Å²) in [7, 11) is -3.27. The first-order valence-electron chi connectivity index (χ1n) is 4.76. The third-order valence-electron chi connectivity index (χ3n) is 2.17. The van der Waals surface area contributed by atoms with Crippen LogP contribution in [-0.2, 0) is 10.0 Å². The number of rotatable bonds is 4. The molecule has 0 unspecified atom stereocenters. The van der Waals surface area contributed by atoms with Crippen molar-refractivity contribution in [3.63, 3.8) is 0 Å². The van der Waals surface area contributed by atoms with Gasteiger partial charge in [-0.25, -0.2) is 8.42 Å². The lowest BCUT2D eigenvalue weighted by atomic mass is 10.1. The Hall–Kier alpha value is -1.14. The fourth-order valence-corrected chi connectivity index (χ4v) is 1.95. The van der Waals surface area contributed by atoms with Crippen LogP contribution in [0, 0.1) is 6.92 Å². The zero-order chi connectivity index (χ0) is 12.3. The minimum atomic E-state index is -3.27. The van der Waals surface area contributed by atoms with Gasteiger partial charge in [-0.2, -0.15) is 0 Å². The van der Waals surface area contributed by atoms with Gasteiger partial charge in [0.25, 0.3) is 0 Å². The molecular formula is C10H14N2O2S2. The van der Waals surface area contributed by atoms with E-state index in [-0.39, 0.29) is 10.7 Å². The molecule has 0 saturated heterocycles. The van der Waals surface area contributed by atoms with E-state index >= 15 is 0 Å². The summed E-state index contributed by atoms with van der Waals surface area (Å²) in [6.07, 6.45) is 0. The van der Waals surface area contributed by atoms with Gasteiger partial charge in [-0.3, -0.25) is 4.72 Å². The third-order valence-corrected chi connectivity index (χ3v) is 3.69. The van der Waals surface area contributed by atoms with Crippen molar-refractivity contribution in [1.82, 2.24) is 0 Å². The van der Waals surface area contributed by atoms with E-state index in [0.29, 0.717) is 11.3 Å². The molecule has 1 rings (SSSR count). The molecule has 0 spiro atoms. The van der Waals surface area contributed by atoms with Crippen LogP contribution in [0.2, 0.25) is 0 Å². The van der Waals surface area contributed by atoms with Gasteiger partial charge >= 0.3 is 0 Å². The molecule has 0 heterocycles. The highest BCUT2D eigenvalue weighted by molar-refractivity contribution is 7.92. The average molecular weight is 258 g/mol. The first-order valence-corrected chi connectivity index (χ1v) is 6.82. The fourth-order valence-electron chi connectivity index (χ4n) is 1.12. The summed E-state index contributed by atoms with van der Waals surface area (Å²) in [5.41, 5.74) is 7.48. The van der Waals surface area contributed by atoms with Crippen molar-refractivity contribution in [1.29, 1.82) is 0 Å². The highest BCUT2D eigenvalue weighted by Crippen LogP contribution is 2.18. The number of aryl methyl sites for hydroxylation is 1. The SMILES string of the molecule is CCS(=O)(=O)Nc1cc(C(N)=S)ccc1C. The Bertz CT molecular complexity index is 510. The van der Waals surface area contributed by atoms with E-state index in [9.17, 15) is 8.42 Å². The fraction of sp³-hybridized carbons (Fsp3) is 0.300. The molecule has 0 bridgehead atoms. The molecule has 0 atom stereocenters. The molecule has 0 amide bonds. The number of benzene rings is 1. The smallest absolute Gasteiger partial charge is 0.232 e. The van der Waals surface area contributed by atoms with Crippen molar-refractivity contribution in [2.45, 2.75) is 13.8 Å². The maximum Gasteiger partial charge on any atom is 0.232 e. The Labute approximate surface area is 101 Å². The first-order chi connectivity index (χ1) is 7.35. The summed E-state index contributed by atoms with van der Waals surface area (Å²) in [6.45, 7) is 3.39. The van der Waals surface area contributed by atoms with Crippen molar-refractivity contribution in [2.75, 3.05) is 10.5 Å². The number of hydrogen-bond acceptors (Lipinski definition) is 3. The van der Waals surface area contributed by atoms with Gasteiger partial charge in [0.1, 0.15) is 4.99 Å². The zero-order valence-electron chi connectivity index (χ0n) is 9.15.